The first-order valence-electron chi connectivity index (χ1n) is 9.04. The van der Waals surface area contributed by atoms with Crippen LogP contribution in [-0.4, -0.2) is 37.3 Å². The van der Waals surface area contributed by atoms with E-state index in [2.05, 4.69) is 19.9 Å². The van der Waals surface area contributed by atoms with Gasteiger partial charge in [-0.25, -0.2) is 19.3 Å². The van der Waals surface area contributed by atoms with E-state index in [1.165, 1.54) is 12.1 Å². The summed E-state index contributed by atoms with van der Waals surface area (Å²) in [5, 5.41) is 0. The van der Waals surface area contributed by atoms with E-state index in [9.17, 15) is 9.18 Å². The second-order valence-corrected chi connectivity index (χ2v) is 6.71. The molecular weight excluding hydrogens is 345 g/mol. The SMILES string of the molecule is Cc1cc(-c2ncc[nH]2)nc([C@H]2CCCCN2C(=O)c2cccc(F)c2)n1. The maximum absolute atomic E-state index is 13.6. The van der Waals surface area contributed by atoms with Crippen molar-refractivity contribution < 1.29 is 9.18 Å². The van der Waals surface area contributed by atoms with E-state index in [-0.39, 0.29) is 11.9 Å². The molecule has 1 atom stereocenters. The highest BCUT2D eigenvalue weighted by Gasteiger charge is 2.31. The molecule has 0 aliphatic carbocycles. The highest BCUT2D eigenvalue weighted by molar-refractivity contribution is 5.94. The molecule has 0 unspecified atom stereocenters. The van der Waals surface area contributed by atoms with Crippen LogP contribution in [0, 0.1) is 12.7 Å². The standard InChI is InChI=1S/C20H20FN5O/c1-13-11-16(18-22-8-9-23-18)25-19(24-13)17-7-2-3-10-26(17)20(27)14-5-4-6-15(21)12-14/h4-6,8-9,11-12,17H,2-3,7,10H2,1H3,(H,22,23)/t17-/m1/s1. The second kappa shape index (κ2) is 7.26. The van der Waals surface area contributed by atoms with Gasteiger partial charge < -0.3 is 9.88 Å². The molecule has 2 aromatic heterocycles. The molecule has 1 N–H and O–H groups in total. The quantitative estimate of drug-likeness (QED) is 0.768. The van der Waals surface area contributed by atoms with Gasteiger partial charge in [-0.05, 0) is 50.5 Å². The van der Waals surface area contributed by atoms with Crippen LogP contribution in [0.3, 0.4) is 0 Å². The van der Waals surface area contributed by atoms with E-state index >= 15 is 0 Å². The highest BCUT2D eigenvalue weighted by Crippen LogP contribution is 2.31. The summed E-state index contributed by atoms with van der Waals surface area (Å²) < 4.78 is 13.6. The summed E-state index contributed by atoms with van der Waals surface area (Å²) in [5.41, 5.74) is 1.86. The Kier molecular flexibility index (Phi) is 4.66. The lowest BCUT2D eigenvalue weighted by Crippen LogP contribution is -2.39. The first-order chi connectivity index (χ1) is 13.1. The fourth-order valence-corrected chi connectivity index (χ4v) is 3.50. The van der Waals surface area contributed by atoms with Crippen LogP contribution in [-0.2, 0) is 0 Å². The predicted octanol–water partition coefficient (Wildman–Crippen LogP) is 3.68. The third-order valence-corrected chi connectivity index (χ3v) is 4.75. The Balaban J connectivity index is 1.70. The van der Waals surface area contributed by atoms with E-state index in [1.807, 2.05) is 13.0 Å². The van der Waals surface area contributed by atoms with Gasteiger partial charge in [-0.2, -0.15) is 0 Å². The number of amides is 1. The maximum Gasteiger partial charge on any atom is 0.254 e. The number of likely N-dealkylation sites (tertiary alicyclic amines) is 1. The van der Waals surface area contributed by atoms with Crippen LogP contribution >= 0.6 is 0 Å². The van der Waals surface area contributed by atoms with E-state index in [0.717, 1.165) is 25.0 Å². The maximum atomic E-state index is 13.6. The molecule has 1 saturated heterocycles. The van der Waals surface area contributed by atoms with Gasteiger partial charge in [0.25, 0.3) is 5.91 Å². The van der Waals surface area contributed by atoms with Crippen molar-refractivity contribution in [3.8, 4) is 11.5 Å². The van der Waals surface area contributed by atoms with Gasteiger partial charge in [0.2, 0.25) is 0 Å². The minimum atomic E-state index is -0.415. The van der Waals surface area contributed by atoms with Gasteiger partial charge >= 0.3 is 0 Å². The smallest absolute Gasteiger partial charge is 0.254 e. The number of rotatable bonds is 3. The summed E-state index contributed by atoms with van der Waals surface area (Å²) in [6.45, 7) is 2.51. The van der Waals surface area contributed by atoms with Crippen LogP contribution in [0.25, 0.3) is 11.5 Å². The van der Waals surface area contributed by atoms with Gasteiger partial charge in [-0.3, -0.25) is 4.79 Å². The first kappa shape index (κ1) is 17.3. The fraction of sp³-hybridized carbons (Fsp3) is 0.300. The monoisotopic (exact) mass is 365 g/mol. The third-order valence-electron chi connectivity index (χ3n) is 4.75. The lowest BCUT2D eigenvalue weighted by molar-refractivity contribution is 0.0599. The molecule has 7 heteroatoms. The summed E-state index contributed by atoms with van der Waals surface area (Å²) >= 11 is 0. The predicted molar refractivity (Wildman–Crippen MR) is 98.4 cm³/mol. The second-order valence-electron chi connectivity index (χ2n) is 6.71. The number of carbonyl (C=O) groups is 1. The Bertz CT molecular complexity index is 957. The van der Waals surface area contributed by atoms with Gasteiger partial charge in [0.1, 0.15) is 11.5 Å². The molecule has 138 valence electrons. The van der Waals surface area contributed by atoms with Crippen molar-refractivity contribution in [2.75, 3.05) is 6.54 Å². The zero-order valence-corrected chi connectivity index (χ0v) is 15.0. The van der Waals surface area contributed by atoms with E-state index in [4.69, 9.17) is 0 Å². The molecule has 1 fully saturated rings. The average molecular weight is 365 g/mol. The van der Waals surface area contributed by atoms with Crippen LogP contribution in [0.2, 0.25) is 0 Å². The first-order valence-corrected chi connectivity index (χ1v) is 9.04. The molecular formula is C20H20FN5O. The number of hydrogen-bond acceptors (Lipinski definition) is 4. The molecule has 0 saturated carbocycles. The molecule has 1 amide bonds. The lowest BCUT2D eigenvalue weighted by Gasteiger charge is -2.35. The van der Waals surface area contributed by atoms with Gasteiger partial charge in [-0.15, -0.1) is 0 Å². The number of carbonyl (C=O) groups excluding carboxylic acids is 1. The summed E-state index contributed by atoms with van der Waals surface area (Å²) in [6.07, 6.45) is 6.10. The number of aromatic amines is 1. The lowest BCUT2D eigenvalue weighted by atomic mass is 9.99. The largest absolute Gasteiger partial charge is 0.343 e. The number of hydrogen-bond donors (Lipinski definition) is 1. The molecule has 1 aliphatic heterocycles. The number of nitrogens with zero attached hydrogens (tertiary/aromatic N) is 4. The molecule has 3 heterocycles. The van der Waals surface area contributed by atoms with Crippen molar-refractivity contribution in [3.05, 3.63) is 65.6 Å². The number of nitrogens with one attached hydrogen (secondary N) is 1. The van der Waals surface area contributed by atoms with Crippen LogP contribution in [0.1, 0.15) is 47.2 Å². The Hall–Kier alpha value is -3.09. The van der Waals surface area contributed by atoms with Crippen LogP contribution in [0.4, 0.5) is 4.39 Å². The number of piperidine rings is 1. The van der Waals surface area contributed by atoms with Crippen molar-refractivity contribution in [2.24, 2.45) is 0 Å². The van der Waals surface area contributed by atoms with Crippen LogP contribution < -0.4 is 0 Å². The minimum absolute atomic E-state index is 0.191. The molecule has 0 spiro atoms. The van der Waals surface area contributed by atoms with Crippen molar-refractivity contribution in [1.29, 1.82) is 0 Å². The topological polar surface area (TPSA) is 74.8 Å². The summed E-state index contributed by atoms with van der Waals surface area (Å²) in [6, 6.07) is 7.44. The molecule has 27 heavy (non-hydrogen) atoms. The van der Waals surface area contributed by atoms with Crippen molar-refractivity contribution in [1.82, 2.24) is 24.8 Å². The van der Waals surface area contributed by atoms with Crippen LogP contribution in [0.15, 0.2) is 42.7 Å². The van der Waals surface area contributed by atoms with Crippen molar-refractivity contribution in [2.45, 2.75) is 32.2 Å². The molecule has 1 aromatic carbocycles. The van der Waals surface area contributed by atoms with E-state index in [0.29, 0.717) is 29.5 Å². The zero-order valence-electron chi connectivity index (χ0n) is 15.0. The van der Waals surface area contributed by atoms with Gasteiger partial charge in [-0.1, -0.05) is 6.07 Å². The van der Waals surface area contributed by atoms with E-state index in [1.54, 1.807) is 29.4 Å². The van der Waals surface area contributed by atoms with E-state index < -0.39 is 5.82 Å². The van der Waals surface area contributed by atoms with Crippen molar-refractivity contribution in [3.63, 3.8) is 0 Å². The van der Waals surface area contributed by atoms with Gasteiger partial charge in [0.15, 0.2) is 11.6 Å². The van der Waals surface area contributed by atoms with Gasteiger partial charge in [0, 0.05) is 30.2 Å². The highest BCUT2D eigenvalue weighted by atomic mass is 19.1. The van der Waals surface area contributed by atoms with Gasteiger partial charge in [0.05, 0.1) is 6.04 Å². The molecule has 0 bridgehead atoms. The molecule has 0 radical (unpaired) electrons. The molecule has 6 nitrogen and oxygen atoms in total. The Labute approximate surface area is 156 Å². The number of benzene rings is 1. The normalized spacial score (nSPS) is 17.1. The number of imidazole rings is 1. The Morgan fingerprint density at radius 2 is 2.15 bits per heavy atom. The summed E-state index contributed by atoms with van der Waals surface area (Å²) in [7, 11) is 0. The van der Waals surface area contributed by atoms with Crippen LogP contribution in [0.5, 0.6) is 0 Å². The average Bonchev–Trinajstić information content (AvgIpc) is 3.22. The Morgan fingerprint density at radius 3 is 2.93 bits per heavy atom. The number of halogens is 1. The van der Waals surface area contributed by atoms with Crippen molar-refractivity contribution >= 4 is 5.91 Å². The molecule has 3 aromatic rings. The summed E-state index contributed by atoms with van der Waals surface area (Å²) in [5.74, 6) is 0.664. The zero-order chi connectivity index (χ0) is 18.8. The fourth-order valence-electron chi connectivity index (χ4n) is 3.50. The number of aromatic nitrogens is 4. The third kappa shape index (κ3) is 3.58. The minimum Gasteiger partial charge on any atom is -0.343 e. The number of H-pyrrole nitrogens is 1. The molecule has 4 rings (SSSR count). The molecule has 1 aliphatic rings. The Morgan fingerprint density at radius 1 is 1.26 bits per heavy atom. The number of aryl methyl sites for hydroxylation is 1. The summed E-state index contributed by atoms with van der Waals surface area (Å²) in [4.78, 5) is 31.4.